The third kappa shape index (κ3) is 4.13. The number of halogens is 2. The summed E-state index contributed by atoms with van der Waals surface area (Å²) in [6, 6.07) is 2.10. The molecule has 1 rings (SSSR count). The van der Waals surface area contributed by atoms with Crippen molar-refractivity contribution in [2.75, 3.05) is 6.54 Å². The first kappa shape index (κ1) is 17.8. The molecule has 0 heterocycles. The largest absolute Gasteiger partial charge is 0.307 e. The van der Waals surface area contributed by atoms with Gasteiger partial charge in [-0.1, -0.05) is 37.0 Å². The molecule has 0 saturated carbocycles. The lowest BCUT2D eigenvalue weighted by Crippen LogP contribution is -2.31. The minimum Gasteiger partial charge on any atom is -0.298 e. The van der Waals surface area contributed by atoms with E-state index in [4.69, 9.17) is 23.2 Å². The number of nitro groups is 1. The van der Waals surface area contributed by atoms with Crippen molar-refractivity contribution in [1.82, 2.24) is 4.72 Å². The number of carbonyl (C=O) groups excluding carboxylic acids is 1. The molecule has 21 heavy (non-hydrogen) atoms. The second-order valence-corrected chi connectivity index (χ2v) is 6.93. The fourth-order valence-corrected chi connectivity index (χ4v) is 3.23. The number of carbonyl (C=O) groups is 1. The molecule has 1 aromatic rings. The molecule has 116 valence electrons. The summed E-state index contributed by atoms with van der Waals surface area (Å²) < 4.78 is 26.2. The number of nitrogens with one attached hydrogen (secondary N) is 1. The van der Waals surface area contributed by atoms with Crippen molar-refractivity contribution in [2.24, 2.45) is 5.92 Å². The molecule has 0 aromatic heterocycles. The molecular weight excluding hydrogens is 343 g/mol. The van der Waals surface area contributed by atoms with E-state index in [1.807, 2.05) is 0 Å². The summed E-state index contributed by atoms with van der Waals surface area (Å²) in [5.41, 5.74) is -0.698. The van der Waals surface area contributed by atoms with Crippen molar-refractivity contribution < 1.29 is 18.1 Å². The second-order valence-electron chi connectivity index (χ2n) is 4.41. The van der Waals surface area contributed by atoms with Crippen LogP contribution in [0.5, 0.6) is 0 Å². The quantitative estimate of drug-likeness (QED) is 0.623. The summed E-state index contributed by atoms with van der Waals surface area (Å²) in [4.78, 5) is 20.9. The summed E-state index contributed by atoms with van der Waals surface area (Å²) in [6.45, 7) is 2.82. The van der Waals surface area contributed by atoms with Crippen LogP contribution in [-0.4, -0.2) is 25.7 Å². The fraction of sp³-hybridized carbons (Fsp3) is 0.364. The Kier molecular flexibility index (Phi) is 5.68. The molecule has 0 fully saturated rings. The van der Waals surface area contributed by atoms with E-state index in [9.17, 15) is 23.3 Å². The van der Waals surface area contributed by atoms with Crippen molar-refractivity contribution in [3.63, 3.8) is 0 Å². The third-order valence-electron chi connectivity index (χ3n) is 2.58. The van der Waals surface area contributed by atoms with E-state index in [1.54, 1.807) is 13.8 Å². The van der Waals surface area contributed by atoms with Gasteiger partial charge in [-0.25, -0.2) is 13.1 Å². The van der Waals surface area contributed by atoms with Gasteiger partial charge in [0.05, 0.1) is 11.5 Å². The molecule has 0 spiro atoms. The lowest BCUT2D eigenvalue weighted by atomic mass is 10.1. The van der Waals surface area contributed by atoms with Gasteiger partial charge in [-0.05, 0) is 12.1 Å². The van der Waals surface area contributed by atoms with Crippen molar-refractivity contribution in [1.29, 1.82) is 0 Å². The van der Waals surface area contributed by atoms with Crippen LogP contribution in [-0.2, 0) is 14.8 Å². The first-order valence-corrected chi connectivity index (χ1v) is 7.96. The SMILES string of the molecule is CC(C)C(=O)CNS(=O)(=O)c1ccc(Cl)c([N+](=O)[O-])c1Cl. The molecule has 0 unspecified atom stereocenters. The van der Waals surface area contributed by atoms with Gasteiger partial charge in [0.25, 0.3) is 0 Å². The maximum Gasteiger partial charge on any atom is 0.307 e. The standard InChI is InChI=1S/C11H12Cl2N2O5S/c1-6(2)8(16)5-14-21(19,20)9-4-3-7(12)11(10(9)13)15(17)18/h3-4,6,14H,5H2,1-2H3. The number of nitrogens with zero attached hydrogens (tertiary/aromatic N) is 1. The van der Waals surface area contributed by atoms with Crippen LogP contribution in [0.1, 0.15) is 13.8 Å². The Balaban J connectivity index is 3.18. The number of hydrogen-bond acceptors (Lipinski definition) is 5. The molecule has 0 amide bonds. The maximum atomic E-state index is 12.1. The van der Waals surface area contributed by atoms with Gasteiger partial charge in [0, 0.05) is 5.92 Å². The molecule has 0 aliphatic carbocycles. The van der Waals surface area contributed by atoms with Gasteiger partial charge < -0.3 is 0 Å². The van der Waals surface area contributed by atoms with Gasteiger partial charge in [0.2, 0.25) is 10.0 Å². The topological polar surface area (TPSA) is 106 Å². The van der Waals surface area contributed by atoms with Crippen molar-refractivity contribution in [3.05, 3.63) is 32.3 Å². The van der Waals surface area contributed by atoms with Crippen LogP contribution in [0.3, 0.4) is 0 Å². The van der Waals surface area contributed by atoms with E-state index in [0.717, 1.165) is 12.1 Å². The summed E-state index contributed by atoms with van der Waals surface area (Å²) >= 11 is 11.4. The van der Waals surface area contributed by atoms with Crippen LogP contribution in [0.15, 0.2) is 17.0 Å². The lowest BCUT2D eigenvalue weighted by Gasteiger charge is -2.09. The first-order valence-electron chi connectivity index (χ1n) is 5.72. The Morgan fingerprint density at radius 1 is 1.38 bits per heavy atom. The number of ketones is 1. The molecule has 1 aromatic carbocycles. The van der Waals surface area contributed by atoms with Gasteiger partial charge in [0.1, 0.15) is 20.7 Å². The van der Waals surface area contributed by atoms with Crippen LogP contribution >= 0.6 is 23.2 Å². The molecule has 1 N–H and O–H groups in total. The first-order chi connectivity index (χ1) is 9.58. The Hall–Kier alpha value is -1.22. The molecular formula is C11H12Cl2N2O5S. The molecule has 0 radical (unpaired) electrons. The van der Waals surface area contributed by atoms with Gasteiger partial charge >= 0.3 is 5.69 Å². The van der Waals surface area contributed by atoms with Crippen molar-refractivity contribution in [3.8, 4) is 0 Å². The molecule has 7 nitrogen and oxygen atoms in total. The molecule has 0 aliphatic heterocycles. The van der Waals surface area contributed by atoms with Crippen LogP contribution in [0.2, 0.25) is 10.0 Å². The maximum absolute atomic E-state index is 12.1. The number of sulfonamides is 1. The van der Waals surface area contributed by atoms with Crippen LogP contribution in [0, 0.1) is 16.0 Å². The number of nitro benzene ring substituents is 1. The number of rotatable bonds is 6. The predicted octanol–water partition coefficient (Wildman–Crippen LogP) is 2.41. The van der Waals surface area contributed by atoms with Gasteiger partial charge in [-0.3, -0.25) is 14.9 Å². The van der Waals surface area contributed by atoms with Crippen LogP contribution < -0.4 is 4.72 Å². The van der Waals surface area contributed by atoms with Gasteiger partial charge in [0.15, 0.2) is 0 Å². The zero-order chi connectivity index (χ0) is 16.4. The zero-order valence-electron chi connectivity index (χ0n) is 11.1. The molecule has 0 bridgehead atoms. The van der Waals surface area contributed by atoms with Crippen LogP contribution in [0.25, 0.3) is 0 Å². The third-order valence-corrected chi connectivity index (χ3v) is 4.83. The Labute approximate surface area is 131 Å². The summed E-state index contributed by atoms with van der Waals surface area (Å²) in [6.07, 6.45) is 0. The summed E-state index contributed by atoms with van der Waals surface area (Å²) in [5, 5.41) is 9.97. The van der Waals surface area contributed by atoms with Gasteiger partial charge in [-0.15, -0.1) is 0 Å². The lowest BCUT2D eigenvalue weighted by molar-refractivity contribution is -0.384. The van der Waals surface area contributed by atoms with E-state index < -0.39 is 37.1 Å². The highest BCUT2D eigenvalue weighted by atomic mass is 35.5. The smallest absolute Gasteiger partial charge is 0.298 e. The normalized spacial score (nSPS) is 11.7. The highest BCUT2D eigenvalue weighted by Gasteiger charge is 2.28. The minimum absolute atomic E-state index is 0.276. The Bertz CT molecular complexity index is 688. The highest BCUT2D eigenvalue weighted by molar-refractivity contribution is 7.89. The van der Waals surface area contributed by atoms with E-state index in [-0.39, 0.29) is 16.7 Å². The van der Waals surface area contributed by atoms with Crippen molar-refractivity contribution in [2.45, 2.75) is 18.7 Å². The minimum atomic E-state index is -4.16. The number of benzene rings is 1. The second kappa shape index (κ2) is 6.69. The zero-order valence-corrected chi connectivity index (χ0v) is 13.4. The molecule has 10 heteroatoms. The Morgan fingerprint density at radius 3 is 2.43 bits per heavy atom. The molecule has 0 saturated heterocycles. The van der Waals surface area contributed by atoms with E-state index in [2.05, 4.69) is 4.72 Å². The molecule has 0 aliphatic rings. The summed E-state index contributed by atoms with van der Waals surface area (Å²) in [7, 11) is -4.16. The molecule has 0 atom stereocenters. The average molecular weight is 355 g/mol. The van der Waals surface area contributed by atoms with E-state index in [1.165, 1.54) is 0 Å². The van der Waals surface area contributed by atoms with Crippen LogP contribution in [0.4, 0.5) is 5.69 Å². The number of hydrogen-bond donors (Lipinski definition) is 1. The number of Topliss-reactive ketones (excluding diaryl/α,β-unsaturated/α-hetero) is 1. The summed E-state index contributed by atoms with van der Waals surface area (Å²) in [5.74, 6) is -0.666. The van der Waals surface area contributed by atoms with Crippen molar-refractivity contribution >= 4 is 44.7 Å². The van der Waals surface area contributed by atoms with E-state index in [0.29, 0.717) is 0 Å². The average Bonchev–Trinajstić information content (AvgIpc) is 2.35. The Morgan fingerprint density at radius 2 is 1.95 bits per heavy atom. The monoisotopic (exact) mass is 354 g/mol. The fourth-order valence-electron chi connectivity index (χ4n) is 1.35. The predicted molar refractivity (Wildman–Crippen MR) is 78.1 cm³/mol. The van der Waals surface area contributed by atoms with Gasteiger partial charge in [-0.2, -0.15) is 0 Å². The van der Waals surface area contributed by atoms with E-state index >= 15 is 0 Å². The highest BCUT2D eigenvalue weighted by Crippen LogP contribution is 2.36.